The van der Waals surface area contributed by atoms with Gasteiger partial charge in [0.2, 0.25) is 5.91 Å². The number of likely N-dealkylation sites (tertiary alicyclic amines) is 1. The van der Waals surface area contributed by atoms with Gasteiger partial charge in [-0.15, -0.1) is 0 Å². The summed E-state index contributed by atoms with van der Waals surface area (Å²) >= 11 is 0. The number of carbonyl (C=O) groups is 2. The van der Waals surface area contributed by atoms with Gasteiger partial charge in [-0.3, -0.25) is 14.5 Å². The Morgan fingerprint density at radius 1 is 1.29 bits per heavy atom. The maximum atomic E-state index is 13.6. The molecule has 1 amide bonds. The number of carboxylic acid groups (broad SMARTS) is 1. The molecule has 1 aromatic carbocycles. The molecule has 1 saturated heterocycles. The first kappa shape index (κ1) is 18.3. The summed E-state index contributed by atoms with van der Waals surface area (Å²) in [5.74, 6) is -2.43. The molecule has 0 spiro atoms. The smallest absolute Gasteiger partial charge is 0.317 e. The number of aliphatic carboxylic acids is 1. The SMILES string of the molecule is CCN(CC(=O)O)C1CCN(C(=O)Cc2ccc(F)cc2F)CC1. The minimum Gasteiger partial charge on any atom is -0.480 e. The summed E-state index contributed by atoms with van der Waals surface area (Å²) in [7, 11) is 0. The van der Waals surface area contributed by atoms with Crippen LogP contribution in [-0.2, 0) is 16.0 Å². The van der Waals surface area contributed by atoms with Crippen molar-refractivity contribution in [3.8, 4) is 0 Å². The molecule has 1 aliphatic heterocycles. The molecule has 2 rings (SSSR count). The van der Waals surface area contributed by atoms with Crippen LogP contribution < -0.4 is 0 Å². The fourth-order valence-corrected chi connectivity index (χ4v) is 3.09. The van der Waals surface area contributed by atoms with Gasteiger partial charge in [0.1, 0.15) is 11.6 Å². The third kappa shape index (κ3) is 4.74. The van der Waals surface area contributed by atoms with Crippen LogP contribution in [0.15, 0.2) is 18.2 Å². The third-order valence-electron chi connectivity index (χ3n) is 4.43. The zero-order chi connectivity index (χ0) is 17.7. The Morgan fingerprint density at radius 3 is 2.50 bits per heavy atom. The number of hydrogen-bond donors (Lipinski definition) is 1. The number of benzene rings is 1. The number of nitrogens with zero attached hydrogens (tertiary/aromatic N) is 2. The Labute approximate surface area is 139 Å². The van der Waals surface area contributed by atoms with Crippen molar-refractivity contribution < 1.29 is 23.5 Å². The van der Waals surface area contributed by atoms with Gasteiger partial charge in [-0.1, -0.05) is 13.0 Å². The van der Waals surface area contributed by atoms with E-state index in [9.17, 15) is 18.4 Å². The molecule has 0 bridgehead atoms. The second-order valence-electron chi connectivity index (χ2n) is 5.98. The lowest BCUT2D eigenvalue weighted by atomic mass is 10.0. The van der Waals surface area contributed by atoms with Crippen molar-refractivity contribution in [3.05, 3.63) is 35.4 Å². The van der Waals surface area contributed by atoms with Gasteiger partial charge in [0.15, 0.2) is 0 Å². The second kappa shape index (κ2) is 8.19. The number of hydrogen-bond acceptors (Lipinski definition) is 3. The van der Waals surface area contributed by atoms with E-state index < -0.39 is 17.6 Å². The number of piperidine rings is 1. The van der Waals surface area contributed by atoms with E-state index in [0.717, 1.165) is 12.1 Å². The maximum Gasteiger partial charge on any atom is 0.317 e. The molecular weight excluding hydrogens is 318 g/mol. The zero-order valence-electron chi connectivity index (χ0n) is 13.7. The Kier molecular flexibility index (Phi) is 6.25. The number of carboxylic acids is 1. The van der Waals surface area contributed by atoms with Crippen LogP contribution in [0.2, 0.25) is 0 Å². The van der Waals surface area contributed by atoms with E-state index >= 15 is 0 Å². The first-order valence-corrected chi connectivity index (χ1v) is 8.08. The minimum atomic E-state index is -0.859. The van der Waals surface area contributed by atoms with Crippen molar-refractivity contribution in [2.45, 2.75) is 32.2 Å². The number of halogens is 2. The molecule has 0 atom stereocenters. The zero-order valence-corrected chi connectivity index (χ0v) is 13.7. The lowest BCUT2D eigenvalue weighted by Gasteiger charge is -2.37. The summed E-state index contributed by atoms with van der Waals surface area (Å²) in [5.41, 5.74) is 0.185. The van der Waals surface area contributed by atoms with E-state index in [1.54, 1.807) is 4.90 Å². The first-order chi connectivity index (χ1) is 11.4. The van der Waals surface area contributed by atoms with Crippen LogP contribution in [0.25, 0.3) is 0 Å². The van der Waals surface area contributed by atoms with Crippen molar-refractivity contribution in [3.63, 3.8) is 0 Å². The number of likely N-dealkylation sites (N-methyl/N-ethyl adjacent to an activating group) is 1. The molecule has 0 unspecified atom stereocenters. The monoisotopic (exact) mass is 340 g/mol. The summed E-state index contributed by atoms with van der Waals surface area (Å²) < 4.78 is 26.5. The quantitative estimate of drug-likeness (QED) is 0.859. The Hall–Kier alpha value is -2.02. The average molecular weight is 340 g/mol. The van der Waals surface area contributed by atoms with E-state index in [2.05, 4.69) is 0 Å². The molecule has 0 radical (unpaired) electrons. The number of amides is 1. The van der Waals surface area contributed by atoms with E-state index in [-0.39, 0.29) is 30.5 Å². The fourth-order valence-electron chi connectivity index (χ4n) is 3.09. The molecule has 1 heterocycles. The van der Waals surface area contributed by atoms with Crippen LogP contribution in [-0.4, -0.2) is 59.0 Å². The molecule has 7 heteroatoms. The number of carbonyl (C=O) groups excluding carboxylic acids is 1. The highest BCUT2D eigenvalue weighted by Crippen LogP contribution is 2.18. The normalized spacial score (nSPS) is 15.8. The molecule has 0 aromatic heterocycles. The lowest BCUT2D eigenvalue weighted by Crippen LogP contribution is -2.48. The summed E-state index contributed by atoms with van der Waals surface area (Å²) in [6.45, 7) is 3.59. The largest absolute Gasteiger partial charge is 0.480 e. The highest BCUT2D eigenvalue weighted by Gasteiger charge is 2.27. The maximum absolute atomic E-state index is 13.6. The molecule has 1 aliphatic rings. The standard InChI is InChI=1S/C17H22F2N2O3/c1-2-20(11-17(23)24)14-5-7-21(8-6-14)16(22)9-12-3-4-13(18)10-15(12)19/h3-4,10,14H,2,5-9,11H2,1H3,(H,23,24). The predicted molar refractivity (Wildman–Crippen MR) is 84.5 cm³/mol. The van der Waals surface area contributed by atoms with Gasteiger partial charge in [0.25, 0.3) is 0 Å². The Bertz CT molecular complexity index is 601. The topological polar surface area (TPSA) is 60.9 Å². The average Bonchev–Trinajstić information content (AvgIpc) is 2.55. The minimum absolute atomic E-state index is 0.00406. The van der Waals surface area contributed by atoms with Crippen LogP contribution in [0.1, 0.15) is 25.3 Å². The number of rotatable bonds is 6. The summed E-state index contributed by atoms with van der Waals surface area (Å²) in [6, 6.07) is 3.35. The van der Waals surface area contributed by atoms with Crippen LogP contribution >= 0.6 is 0 Å². The van der Waals surface area contributed by atoms with E-state index in [1.807, 2.05) is 11.8 Å². The van der Waals surface area contributed by atoms with Gasteiger partial charge in [0.05, 0.1) is 13.0 Å². The third-order valence-corrected chi connectivity index (χ3v) is 4.43. The van der Waals surface area contributed by atoms with Crippen LogP contribution in [0.4, 0.5) is 8.78 Å². The molecule has 1 fully saturated rings. The van der Waals surface area contributed by atoms with Gasteiger partial charge < -0.3 is 10.0 Å². The molecule has 1 aromatic rings. The van der Waals surface area contributed by atoms with Crippen LogP contribution in [0.3, 0.4) is 0 Å². The molecule has 0 aliphatic carbocycles. The predicted octanol–water partition coefficient (Wildman–Crippen LogP) is 1.90. The summed E-state index contributed by atoms with van der Waals surface area (Å²) in [4.78, 5) is 26.7. The van der Waals surface area contributed by atoms with Gasteiger partial charge in [-0.25, -0.2) is 8.78 Å². The first-order valence-electron chi connectivity index (χ1n) is 8.08. The van der Waals surface area contributed by atoms with Gasteiger partial charge >= 0.3 is 5.97 Å². The van der Waals surface area contributed by atoms with E-state index in [1.165, 1.54) is 6.07 Å². The molecule has 132 valence electrons. The van der Waals surface area contributed by atoms with Crippen molar-refractivity contribution in [2.24, 2.45) is 0 Å². The van der Waals surface area contributed by atoms with Gasteiger partial charge in [-0.2, -0.15) is 0 Å². The van der Waals surface area contributed by atoms with Gasteiger partial charge in [0, 0.05) is 25.2 Å². The van der Waals surface area contributed by atoms with Crippen LogP contribution in [0.5, 0.6) is 0 Å². The summed E-state index contributed by atoms with van der Waals surface area (Å²) in [5, 5.41) is 8.93. The highest BCUT2D eigenvalue weighted by atomic mass is 19.1. The molecule has 0 saturated carbocycles. The van der Waals surface area contributed by atoms with E-state index in [0.29, 0.717) is 32.5 Å². The lowest BCUT2D eigenvalue weighted by molar-refractivity contribution is -0.140. The Morgan fingerprint density at radius 2 is 1.96 bits per heavy atom. The molecule has 24 heavy (non-hydrogen) atoms. The molecule has 5 nitrogen and oxygen atoms in total. The van der Waals surface area contributed by atoms with Gasteiger partial charge in [-0.05, 0) is 31.0 Å². The Balaban J connectivity index is 1.89. The van der Waals surface area contributed by atoms with Crippen molar-refractivity contribution in [1.29, 1.82) is 0 Å². The molecular formula is C17H22F2N2O3. The molecule has 1 N–H and O–H groups in total. The van der Waals surface area contributed by atoms with E-state index in [4.69, 9.17) is 5.11 Å². The van der Waals surface area contributed by atoms with Crippen molar-refractivity contribution in [2.75, 3.05) is 26.2 Å². The summed E-state index contributed by atoms with van der Waals surface area (Å²) in [6.07, 6.45) is 1.29. The van der Waals surface area contributed by atoms with Crippen LogP contribution in [0, 0.1) is 11.6 Å². The fraction of sp³-hybridized carbons (Fsp3) is 0.529. The van der Waals surface area contributed by atoms with Crippen molar-refractivity contribution in [1.82, 2.24) is 9.80 Å². The van der Waals surface area contributed by atoms with Crippen molar-refractivity contribution >= 4 is 11.9 Å². The second-order valence-corrected chi connectivity index (χ2v) is 5.98. The highest BCUT2D eigenvalue weighted by molar-refractivity contribution is 5.79.